The molecule has 0 bridgehead atoms. The van der Waals surface area contributed by atoms with Gasteiger partial charge in [-0.3, -0.25) is 9.52 Å². The third kappa shape index (κ3) is 5.40. The normalized spacial score (nSPS) is 14.3. The Labute approximate surface area is 200 Å². The highest BCUT2D eigenvalue weighted by molar-refractivity contribution is 7.92. The Kier molecular flexibility index (Phi) is 6.77. The number of hydrogen-bond acceptors (Lipinski definition) is 3. The van der Waals surface area contributed by atoms with E-state index in [0.29, 0.717) is 5.69 Å². The molecule has 5 nitrogen and oxygen atoms in total. The SMILES string of the molecule is Cc1cccc(NS(=O)(=O)c2cc(C(=O)N[C@H](C)c3ccc4c(c3)CCCC4)ccc2Cl)c1. The van der Waals surface area contributed by atoms with Crippen LogP contribution in [0.5, 0.6) is 0 Å². The van der Waals surface area contributed by atoms with Crippen molar-refractivity contribution in [1.82, 2.24) is 5.32 Å². The number of rotatable bonds is 6. The average molecular weight is 483 g/mol. The molecule has 3 aromatic carbocycles. The molecule has 7 heteroatoms. The van der Waals surface area contributed by atoms with Crippen LogP contribution in [0.1, 0.15) is 58.4 Å². The van der Waals surface area contributed by atoms with Crippen LogP contribution >= 0.6 is 11.6 Å². The van der Waals surface area contributed by atoms with Crippen molar-refractivity contribution in [2.45, 2.75) is 50.5 Å². The summed E-state index contributed by atoms with van der Waals surface area (Å²) in [5.74, 6) is -0.358. The van der Waals surface area contributed by atoms with Gasteiger partial charge in [0.05, 0.1) is 11.1 Å². The molecule has 0 spiro atoms. The van der Waals surface area contributed by atoms with E-state index in [1.54, 1.807) is 18.2 Å². The van der Waals surface area contributed by atoms with E-state index in [1.165, 1.54) is 42.2 Å². The minimum Gasteiger partial charge on any atom is -0.346 e. The molecule has 33 heavy (non-hydrogen) atoms. The van der Waals surface area contributed by atoms with E-state index in [-0.39, 0.29) is 27.4 Å². The van der Waals surface area contributed by atoms with Crippen LogP contribution in [0.3, 0.4) is 0 Å². The fourth-order valence-electron chi connectivity index (χ4n) is 4.16. The zero-order chi connectivity index (χ0) is 23.6. The molecule has 1 aliphatic carbocycles. The number of aryl methyl sites for hydroxylation is 3. The summed E-state index contributed by atoms with van der Waals surface area (Å²) >= 11 is 6.20. The number of amides is 1. The predicted molar refractivity (Wildman–Crippen MR) is 132 cm³/mol. The molecule has 0 heterocycles. The van der Waals surface area contributed by atoms with Gasteiger partial charge in [-0.25, -0.2) is 8.42 Å². The quantitative estimate of drug-likeness (QED) is 0.465. The number of anilines is 1. The highest BCUT2D eigenvalue weighted by Crippen LogP contribution is 2.27. The Hall–Kier alpha value is -2.83. The molecule has 0 aliphatic heterocycles. The molecule has 172 valence electrons. The van der Waals surface area contributed by atoms with Crippen molar-refractivity contribution in [3.63, 3.8) is 0 Å². The highest BCUT2D eigenvalue weighted by atomic mass is 35.5. The zero-order valence-corrected chi connectivity index (χ0v) is 20.3. The Bertz CT molecular complexity index is 1300. The molecule has 4 rings (SSSR count). The third-order valence-electron chi connectivity index (χ3n) is 5.97. The van der Waals surface area contributed by atoms with Gasteiger partial charge < -0.3 is 5.32 Å². The Morgan fingerprint density at radius 1 is 0.970 bits per heavy atom. The lowest BCUT2D eigenvalue weighted by atomic mass is 9.89. The predicted octanol–water partition coefficient (Wildman–Crippen LogP) is 5.82. The summed E-state index contributed by atoms with van der Waals surface area (Å²) in [6, 6.07) is 17.5. The van der Waals surface area contributed by atoms with Crippen LogP contribution in [0.15, 0.2) is 65.6 Å². The van der Waals surface area contributed by atoms with Crippen molar-refractivity contribution >= 4 is 33.2 Å². The van der Waals surface area contributed by atoms with Crippen LogP contribution in [0.2, 0.25) is 5.02 Å². The molecule has 0 radical (unpaired) electrons. The number of hydrogen-bond donors (Lipinski definition) is 2. The first-order chi connectivity index (χ1) is 15.7. The molecule has 3 aromatic rings. The Balaban J connectivity index is 1.53. The summed E-state index contributed by atoms with van der Waals surface area (Å²) in [5.41, 5.74) is 5.35. The first-order valence-corrected chi connectivity index (χ1v) is 12.9. The smallest absolute Gasteiger partial charge is 0.263 e. The van der Waals surface area contributed by atoms with Gasteiger partial charge in [0.1, 0.15) is 4.90 Å². The van der Waals surface area contributed by atoms with Gasteiger partial charge in [-0.2, -0.15) is 0 Å². The maximum Gasteiger partial charge on any atom is 0.263 e. The standard InChI is InChI=1S/C26H27ClN2O3S/c1-17-6-5-9-23(14-17)29-33(31,32)25-16-22(12-13-24(25)27)26(30)28-18(2)20-11-10-19-7-3-4-8-21(19)15-20/h5-6,9-16,18,29H,3-4,7-8H2,1-2H3,(H,28,30)/t18-/m1/s1. The summed E-state index contributed by atoms with van der Waals surface area (Å²) in [6.45, 7) is 3.80. The van der Waals surface area contributed by atoms with Crippen LogP contribution in [-0.4, -0.2) is 14.3 Å². The molecule has 0 unspecified atom stereocenters. The van der Waals surface area contributed by atoms with Crippen molar-refractivity contribution in [3.05, 3.63) is 93.5 Å². The van der Waals surface area contributed by atoms with Crippen molar-refractivity contribution in [2.75, 3.05) is 4.72 Å². The van der Waals surface area contributed by atoms with Crippen molar-refractivity contribution in [3.8, 4) is 0 Å². The van der Waals surface area contributed by atoms with E-state index < -0.39 is 10.0 Å². The molecular formula is C26H27ClN2O3S. The zero-order valence-electron chi connectivity index (χ0n) is 18.7. The van der Waals surface area contributed by atoms with E-state index in [2.05, 4.69) is 28.2 Å². The van der Waals surface area contributed by atoms with Crippen LogP contribution in [0.4, 0.5) is 5.69 Å². The molecule has 2 N–H and O–H groups in total. The summed E-state index contributed by atoms with van der Waals surface area (Å²) < 4.78 is 28.5. The number of fused-ring (bicyclic) bond motifs is 1. The monoisotopic (exact) mass is 482 g/mol. The molecule has 0 fully saturated rings. The molecular weight excluding hydrogens is 456 g/mol. The first-order valence-electron chi connectivity index (χ1n) is 11.0. The minimum absolute atomic E-state index is 0.0504. The number of carbonyl (C=O) groups excluding carboxylic acids is 1. The van der Waals surface area contributed by atoms with Crippen LogP contribution in [0.25, 0.3) is 0 Å². The number of sulfonamides is 1. The number of nitrogens with one attached hydrogen (secondary N) is 2. The van der Waals surface area contributed by atoms with Crippen molar-refractivity contribution < 1.29 is 13.2 Å². The summed E-state index contributed by atoms with van der Waals surface area (Å²) in [7, 11) is -3.97. The van der Waals surface area contributed by atoms with Crippen LogP contribution in [-0.2, 0) is 22.9 Å². The van der Waals surface area contributed by atoms with Gasteiger partial charge in [-0.15, -0.1) is 0 Å². The largest absolute Gasteiger partial charge is 0.346 e. The Morgan fingerprint density at radius 3 is 2.48 bits per heavy atom. The van der Waals surface area contributed by atoms with Crippen molar-refractivity contribution in [2.24, 2.45) is 0 Å². The van der Waals surface area contributed by atoms with Gasteiger partial charge in [0.25, 0.3) is 15.9 Å². The number of carbonyl (C=O) groups is 1. The van der Waals surface area contributed by atoms with E-state index in [4.69, 9.17) is 11.6 Å². The van der Waals surface area contributed by atoms with Gasteiger partial charge in [-0.05, 0) is 92.1 Å². The van der Waals surface area contributed by atoms with E-state index >= 15 is 0 Å². The second kappa shape index (κ2) is 9.57. The first kappa shape index (κ1) is 23.3. The van der Waals surface area contributed by atoms with E-state index in [1.807, 2.05) is 19.9 Å². The van der Waals surface area contributed by atoms with Gasteiger partial charge in [-0.1, -0.05) is 41.9 Å². The molecule has 0 aromatic heterocycles. The maximum atomic E-state index is 13.0. The van der Waals surface area contributed by atoms with Crippen LogP contribution < -0.4 is 10.0 Å². The lowest BCUT2D eigenvalue weighted by molar-refractivity contribution is 0.0939. The van der Waals surface area contributed by atoms with E-state index in [9.17, 15) is 13.2 Å². The third-order valence-corrected chi connectivity index (χ3v) is 7.84. The fourth-order valence-corrected chi connectivity index (χ4v) is 5.73. The molecule has 1 atom stereocenters. The van der Waals surface area contributed by atoms with Gasteiger partial charge in [0.2, 0.25) is 0 Å². The topological polar surface area (TPSA) is 75.3 Å². The average Bonchev–Trinajstić information content (AvgIpc) is 2.78. The lowest BCUT2D eigenvalue weighted by Gasteiger charge is -2.20. The second-order valence-corrected chi connectivity index (χ2v) is 10.6. The van der Waals surface area contributed by atoms with E-state index in [0.717, 1.165) is 24.0 Å². The van der Waals surface area contributed by atoms with Crippen LogP contribution in [0, 0.1) is 6.92 Å². The fraction of sp³-hybridized carbons (Fsp3) is 0.269. The summed E-state index contributed by atoms with van der Waals surface area (Å²) in [5, 5.41) is 3.03. The molecule has 0 saturated carbocycles. The molecule has 1 aliphatic rings. The molecule has 1 amide bonds. The number of halogens is 1. The number of benzene rings is 3. The minimum atomic E-state index is -3.97. The van der Waals surface area contributed by atoms with Gasteiger partial charge in [0.15, 0.2) is 0 Å². The molecule has 0 saturated heterocycles. The van der Waals surface area contributed by atoms with Gasteiger partial charge >= 0.3 is 0 Å². The van der Waals surface area contributed by atoms with Gasteiger partial charge in [0, 0.05) is 11.3 Å². The highest BCUT2D eigenvalue weighted by Gasteiger charge is 2.22. The maximum absolute atomic E-state index is 13.0. The lowest BCUT2D eigenvalue weighted by Crippen LogP contribution is -2.27. The Morgan fingerprint density at radius 2 is 1.73 bits per heavy atom. The summed E-state index contributed by atoms with van der Waals surface area (Å²) in [4.78, 5) is 12.8. The van der Waals surface area contributed by atoms with Crippen molar-refractivity contribution in [1.29, 1.82) is 0 Å². The second-order valence-electron chi connectivity index (χ2n) is 8.55. The summed E-state index contributed by atoms with van der Waals surface area (Å²) in [6.07, 6.45) is 4.58.